The average molecular weight is 407 g/mol. The Morgan fingerprint density at radius 1 is 0.862 bits per heavy atom. The van der Waals surface area contributed by atoms with E-state index in [0.29, 0.717) is 22.5 Å². The Labute approximate surface area is 167 Å². The molecule has 2 aromatic rings. The monoisotopic (exact) mass is 407 g/mol. The molecule has 0 atom stereocenters. The van der Waals surface area contributed by atoms with Crippen LogP contribution in [0.3, 0.4) is 0 Å². The van der Waals surface area contributed by atoms with Crippen LogP contribution in [0.1, 0.15) is 18.1 Å². The minimum Gasteiger partial charge on any atom is -0.374 e. The van der Waals surface area contributed by atoms with Crippen molar-refractivity contribution in [2.45, 2.75) is 20.8 Å². The Kier molecular flexibility index (Phi) is 7.90. The summed E-state index contributed by atoms with van der Waals surface area (Å²) < 4.78 is 27.0. The van der Waals surface area contributed by atoms with Gasteiger partial charge < -0.3 is 20.3 Å². The first-order chi connectivity index (χ1) is 13.8. The highest BCUT2D eigenvalue weighted by atomic mass is 19.1. The maximum Gasteiger partial charge on any atom is 0.348 e. The van der Waals surface area contributed by atoms with E-state index in [1.807, 2.05) is 0 Å². The van der Waals surface area contributed by atoms with Crippen LogP contribution < -0.4 is 10.6 Å². The second kappa shape index (κ2) is 10.4. The predicted molar refractivity (Wildman–Crippen MR) is 104 cm³/mol. The number of hydrogen-bond acceptors (Lipinski definition) is 7. The summed E-state index contributed by atoms with van der Waals surface area (Å²) in [5.74, 6) is -2.24. The maximum absolute atomic E-state index is 13.5. The lowest BCUT2D eigenvalue weighted by atomic mass is 10.2. The summed E-state index contributed by atoms with van der Waals surface area (Å²) in [6, 6.07) is 8.92. The fourth-order valence-corrected chi connectivity index (χ4v) is 2.37. The van der Waals surface area contributed by atoms with Gasteiger partial charge in [0.15, 0.2) is 0 Å². The van der Waals surface area contributed by atoms with Gasteiger partial charge in [-0.05, 0) is 45.0 Å². The van der Waals surface area contributed by atoms with Crippen molar-refractivity contribution in [1.82, 2.24) is 5.23 Å². The highest BCUT2D eigenvalue weighted by Crippen LogP contribution is 2.18. The number of benzene rings is 2. The van der Waals surface area contributed by atoms with Gasteiger partial charge in [-0.15, -0.1) is 0 Å². The Hall–Kier alpha value is -3.20. The molecule has 0 heterocycles. The number of hydroxylamine groups is 2. The number of carbonyl (C=O) groups excluding carboxylic acids is 2. The van der Waals surface area contributed by atoms with Crippen LogP contribution in [0.2, 0.25) is 0 Å². The molecule has 0 fully saturated rings. The number of hydrogen-bond donors (Lipinski definition) is 2. The third-order valence-electron chi connectivity index (χ3n) is 4.05. The van der Waals surface area contributed by atoms with Gasteiger partial charge >= 0.3 is 11.9 Å². The molecule has 0 unspecified atom stereocenters. The van der Waals surface area contributed by atoms with Crippen LogP contribution in [-0.2, 0) is 19.3 Å². The molecule has 0 aliphatic carbocycles. The van der Waals surface area contributed by atoms with Crippen LogP contribution in [0.5, 0.6) is 0 Å². The Bertz CT molecular complexity index is 807. The molecule has 0 bridgehead atoms. The summed E-state index contributed by atoms with van der Waals surface area (Å²) in [6.07, 6.45) is 0. The average Bonchev–Trinajstić information content (AvgIpc) is 2.69. The van der Waals surface area contributed by atoms with Gasteiger partial charge in [-0.2, -0.15) is 0 Å². The van der Waals surface area contributed by atoms with Gasteiger partial charge in [-0.1, -0.05) is 12.1 Å². The minimum absolute atomic E-state index is 0.0927. The number of halogens is 2. The smallest absolute Gasteiger partial charge is 0.348 e. The molecule has 9 heteroatoms. The molecule has 2 N–H and O–H groups in total. The normalized spacial score (nSPS) is 10.6. The van der Waals surface area contributed by atoms with Gasteiger partial charge in [0.1, 0.15) is 24.7 Å². The number of anilines is 2. The molecule has 0 aromatic heterocycles. The molecule has 156 valence electrons. The summed E-state index contributed by atoms with van der Waals surface area (Å²) in [6.45, 7) is 4.37. The van der Waals surface area contributed by atoms with Crippen LogP contribution in [0, 0.1) is 25.5 Å². The van der Waals surface area contributed by atoms with E-state index >= 15 is 0 Å². The van der Waals surface area contributed by atoms with Crippen LogP contribution in [0.4, 0.5) is 20.2 Å². The first-order valence-electron chi connectivity index (χ1n) is 8.99. The molecule has 0 aliphatic heterocycles. The number of carbonyl (C=O) groups is 2. The fraction of sp³-hybridized carbons (Fsp3) is 0.300. The van der Waals surface area contributed by atoms with E-state index in [2.05, 4.69) is 10.6 Å². The summed E-state index contributed by atoms with van der Waals surface area (Å²) in [5, 5.41) is 6.27. The number of rotatable bonds is 9. The van der Waals surface area contributed by atoms with E-state index in [1.165, 1.54) is 24.3 Å². The summed E-state index contributed by atoms with van der Waals surface area (Å²) in [4.78, 5) is 33.8. The van der Waals surface area contributed by atoms with Crippen LogP contribution >= 0.6 is 0 Å². The Morgan fingerprint density at radius 2 is 1.28 bits per heavy atom. The van der Waals surface area contributed by atoms with Gasteiger partial charge in [0.2, 0.25) is 0 Å². The molecule has 0 saturated heterocycles. The predicted octanol–water partition coefficient (Wildman–Crippen LogP) is 3.34. The van der Waals surface area contributed by atoms with Crippen LogP contribution in [0.25, 0.3) is 0 Å². The lowest BCUT2D eigenvalue weighted by Crippen LogP contribution is -2.34. The van der Waals surface area contributed by atoms with Crippen LogP contribution in [-0.4, -0.2) is 36.8 Å². The molecule has 0 aliphatic rings. The van der Waals surface area contributed by atoms with Gasteiger partial charge in [0.05, 0.1) is 6.54 Å². The zero-order valence-corrected chi connectivity index (χ0v) is 16.4. The molecular formula is C20H23F2N3O4. The fourth-order valence-electron chi connectivity index (χ4n) is 2.37. The first-order valence-corrected chi connectivity index (χ1v) is 8.99. The second-order valence-corrected chi connectivity index (χ2v) is 6.11. The molecule has 2 rings (SSSR count). The second-order valence-electron chi connectivity index (χ2n) is 6.11. The summed E-state index contributed by atoms with van der Waals surface area (Å²) >= 11 is 0. The SMILES string of the molecule is CCN(OC(=O)CNc1cccc(F)c1C)OC(=O)CNc1cccc(F)c1C. The van der Waals surface area contributed by atoms with Gasteiger partial charge in [0, 0.05) is 27.7 Å². The van der Waals surface area contributed by atoms with Crippen molar-refractivity contribution in [3.05, 3.63) is 59.2 Å². The third kappa shape index (κ3) is 6.42. The van der Waals surface area contributed by atoms with Gasteiger partial charge in [-0.3, -0.25) is 0 Å². The van der Waals surface area contributed by atoms with Crippen molar-refractivity contribution in [3.63, 3.8) is 0 Å². The van der Waals surface area contributed by atoms with E-state index in [1.54, 1.807) is 32.9 Å². The number of nitrogens with one attached hydrogen (secondary N) is 2. The molecule has 7 nitrogen and oxygen atoms in total. The van der Waals surface area contributed by atoms with Gasteiger partial charge in [0.25, 0.3) is 0 Å². The summed E-state index contributed by atoms with van der Waals surface area (Å²) in [5.41, 5.74) is 1.66. The van der Waals surface area contributed by atoms with Crippen molar-refractivity contribution in [2.24, 2.45) is 0 Å². The van der Waals surface area contributed by atoms with E-state index < -0.39 is 23.6 Å². The highest BCUT2D eigenvalue weighted by molar-refractivity contribution is 5.76. The van der Waals surface area contributed by atoms with Crippen molar-refractivity contribution < 1.29 is 28.0 Å². The zero-order valence-electron chi connectivity index (χ0n) is 16.4. The van der Waals surface area contributed by atoms with E-state index in [0.717, 1.165) is 5.23 Å². The topological polar surface area (TPSA) is 79.9 Å². The lowest BCUT2D eigenvalue weighted by Gasteiger charge is -2.19. The standard InChI is InChI=1S/C20H23F2N3O4/c1-4-25(28-19(26)11-23-17-9-5-7-15(21)13(17)2)29-20(27)12-24-18-10-6-8-16(22)14(18)3/h5-10,23-24H,4,11-12H2,1-3H3. The van der Waals surface area contributed by atoms with Crippen molar-refractivity contribution in [3.8, 4) is 0 Å². The molecule has 0 saturated carbocycles. The Morgan fingerprint density at radius 3 is 1.66 bits per heavy atom. The largest absolute Gasteiger partial charge is 0.374 e. The highest BCUT2D eigenvalue weighted by Gasteiger charge is 2.16. The van der Waals surface area contributed by atoms with E-state index in [-0.39, 0.29) is 19.6 Å². The van der Waals surface area contributed by atoms with Crippen molar-refractivity contribution in [1.29, 1.82) is 0 Å². The molecule has 29 heavy (non-hydrogen) atoms. The van der Waals surface area contributed by atoms with Crippen molar-refractivity contribution >= 4 is 23.3 Å². The number of nitrogens with zero attached hydrogens (tertiary/aromatic N) is 1. The van der Waals surface area contributed by atoms with E-state index in [9.17, 15) is 18.4 Å². The first kappa shape index (κ1) is 22.1. The molecule has 0 amide bonds. The maximum atomic E-state index is 13.5. The van der Waals surface area contributed by atoms with Crippen molar-refractivity contribution in [2.75, 3.05) is 30.3 Å². The molecular weight excluding hydrogens is 384 g/mol. The minimum atomic E-state index is -0.725. The van der Waals surface area contributed by atoms with Gasteiger partial charge in [-0.25, -0.2) is 18.4 Å². The Balaban J connectivity index is 1.81. The van der Waals surface area contributed by atoms with Crippen LogP contribution in [0.15, 0.2) is 36.4 Å². The molecule has 0 spiro atoms. The molecule has 2 aromatic carbocycles. The molecule has 0 radical (unpaired) electrons. The zero-order chi connectivity index (χ0) is 21.4. The van der Waals surface area contributed by atoms with E-state index in [4.69, 9.17) is 9.68 Å². The summed E-state index contributed by atoms with van der Waals surface area (Å²) in [7, 11) is 0. The third-order valence-corrected chi connectivity index (χ3v) is 4.05. The quantitative estimate of drug-likeness (QED) is 0.617. The lowest BCUT2D eigenvalue weighted by molar-refractivity contribution is -0.321.